The molecule has 0 spiro atoms. The van der Waals surface area contributed by atoms with E-state index in [0.717, 1.165) is 0 Å². The van der Waals surface area contributed by atoms with Crippen LogP contribution in [0.4, 0.5) is 0 Å². The number of hydrogen-bond acceptors (Lipinski definition) is 1. The van der Waals surface area contributed by atoms with Gasteiger partial charge in [-0.25, -0.2) is 0 Å². The summed E-state index contributed by atoms with van der Waals surface area (Å²) in [6.45, 7) is -0.770. The van der Waals surface area contributed by atoms with E-state index in [2.05, 4.69) is 16.9 Å². The Morgan fingerprint density at radius 3 is 3.36 bits per heavy atom. The highest BCUT2D eigenvalue weighted by Gasteiger charge is 1.88. The Morgan fingerprint density at radius 1 is 1.73 bits per heavy atom. The molecule has 0 aliphatic carbocycles. The van der Waals surface area contributed by atoms with Gasteiger partial charge in [-0.2, -0.15) is 0 Å². The molecule has 0 amide bonds. The third-order valence-corrected chi connectivity index (χ3v) is 1.12. The molecule has 0 aromatic heterocycles. The fourth-order valence-corrected chi connectivity index (χ4v) is 0.652. The van der Waals surface area contributed by atoms with E-state index in [1.54, 1.807) is 6.92 Å². The Morgan fingerprint density at radius 2 is 2.64 bits per heavy atom. The van der Waals surface area contributed by atoms with Crippen LogP contribution in [0.15, 0.2) is 24.2 Å². The van der Waals surface area contributed by atoms with Gasteiger partial charge in [-0.15, -0.1) is 5.92 Å². The SMILES string of the molecule is [2H]OC([2H])([2H])c1ccc(C#CC)c([2H])c1[2H]. The maximum Gasteiger partial charge on any atom is 0.211 e. The number of aliphatic hydroxyl groups is 1. The van der Waals surface area contributed by atoms with Crippen molar-refractivity contribution in [2.24, 2.45) is 0 Å². The second-order valence-corrected chi connectivity index (χ2v) is 1.89. The van der Waals surface area contributed by atoms with Gasteiger partial charge in [0, 0.05) is 5.56 Å². The molecular formula is C10H10O. The second kappa shape index (κ2) is 3.80. The first-order valence-corrected chi connectivity index (χ1v) is 3.11. The summed E-state index contributed by atoms with van der Waals surface area (Å²) in [4.78, 5) is 0. The Hall–Kier alpha value is -1.26. The van der Waals surface area contributed by atoms with Crippen molar-refractivity contribution in [2.75, 3.05) is 0 Å². The fourth-order valence-electron chi connectivity index (χ4n) is 0.652. The molecule has 0 radical (unpaired) electrons. The predicted molar refractivity (Wildman–Crippen MR) is 44.9 cm³/mol. The molecule has 1 aromatic carbocycles. The summed E-state index contributed by atoms with van der Waals surface area (Å²) < 4.78 is 36.5. The molecule has 0 saturated carbocycles. The Balaban J connectivity index is 3.36. The molecule has 0 aliphatic rings. The summed E-state index contributed by atoms with van der Waals surface area (Å²) in [5.41, 5.74) is 0.214. The first-order chi connectivity index (χ1) is 7.44. The van der Waals surface area contributed by atoms with Crippen molar-refractivity contribution < 1.29 is 10.6 Å². The summed E-state index contributed by atoms with van der Waals surface area (Å²) in [5, 5.41) is 3.90. The average molecular weight is 151 g/mol. The first-order valence-electron chi connectivity index (χ1n) is 5.52. The van der Waals surface area contributed by atoms with E-state index < -0.39 is 6.56 Å². The summed E-state index contributed by atoms with van der Waals surface area (Å²) in [7, 11) is 0. The lowest BCUT2D eigenvalue weighted by Gasteiger charge is -1.93. The molecule has 1 aromatic rings. The third-order valence-electron chi connectivity index (χ3n) is 1.12. The minimum Gasteiger partial charge on any atom is -0.392 e. The van der Waals surface area contributed by atoms with Crippen LogP contribution in [0.3, 0.4) is 0 Å². The predicted octanol–water partition coefficient (Wildman–Crippen LogP) is 1.55. The molecule has 1 heteroatoms. The van der Waals surface area contributed by atoms with E-state index in [4.69, 9.17) is 6.91 Å². The van der Waals surface area contributed by atoms with Crippen molar-refractivity contribution in [2.45, 2.75) is 13.5 Å². The topological polar surface area (TPSA) is 20.2 Å². The van der Waals surface area contributed by atoms with Crippen LogP contribution >= 0.6 is 0 Å². The van der Waals surface area contributed by atoms with Crippen molar-refractivity contribution in [3.05, 3.63) is 35.3 Å². The van der Waals surface area contributed by atoms with Gasteiger partial charge in [-0.1, -0.05) is 18.0 Å². The zero-order valence-corrected chi connectivity index (χ0v) is 6.06. The van der Waals surface area contributed by atoms with Gasteiger partial charge in [-0.05, 0) is 24.6 Å². The van der Waals surface area contributed by atoms with Gasteiger partial charge in [-0.3, -0.25) is 0 Å². The van der Waals surface area contributed by atoms with Crippen LogP contribution in [0, 0.1) is 11.8 Å². The summed E-state index contributed by atoms with van der Waals surface area (Å²) in [6, 6.07) is 2.29. The second-order valence-electron chi connectivity index (χ2n) is 1.89. The van der Waals surface area contributed by atoms with Gasteiger partial charge in [0.1, 0.15) is 0 Å². The van der Waals surface area contributed by atoms with Gasteiger partial charge in [0.05, 0.1) is 12.0 Å². The molecule has 0 aliphatic heterocycles. The zero-order valence-electron chi connectivity index (χ0n) is 11.1. The average Bonchev–Trinajstić information content (AvgIpc) is 2.25. The van der Waals surface area contributed by atoms with Crippen molar-refractivity contribution in [1.29, 1.82) is 1.43 Å². The van der Waals surface area contributed by atoms with Gasteiger partial charge >= 0.3 is 0 Å². The number of hydrogen-bond donors (Lipinski definition) is 1. The number of benzene rings is 1. The van der Waals surface area contributed by atoms with Crippen LogP contribution in [0.5, 0.6) is 0 Å². The molecule has 0 bridgehead atoms. The number of rotatable bonds is 2. The molecule has 1 rings (SSSR count). The van der Waals surface area contributed by atoms with Crippen LogP contribution in [0.2, 0.25) is 0 Å². The molecule has 0 atom stereocenters. The van der Waals surface area contributed by atoms with E-state index in [-0.39, 0.29) is 17.6 Å². The van der Waals surface area contributed by atoms with Crippen LogP contribution in [0.25, 0.3) is 0 Å². The standard InChI is InChI=1S/C10H10O/c1-2-3-9-4-6-10(8-11)7-5-9/h4-7,11H,8H2,1H3/i4D,6D,8D2,11D. The molecule has 56 valence electrons. The minimum absolute atomic E-state index is 0.144. The molecular weight excluding hydrogens is 136 g/mol. The molecule has 0 fully saturated rings. The van der Waals surface area contributed by atoms with Gasteiger partial charge in [0.2, 0.25) is 1.43 Å². The maximum absolute atomic E-state index is 7.62. The normalized spacial score (nSPS) is 16.3. The lowest BCUT2D eigenvalue weighted by molar-refractivity contribution is 0.282. The van der Waals surface area contributed by atoms with E-state index >= 15 is 0 Å². The Labute approximate surface area is 73.8 Å². The highest BCUT2D eigenvalue weighted by molar-refractivity contribution is 5.35. The minimum atomic E-state index is -2.38. The highest BCUT2D eigenvalue weighted by atomic mass is 16.3. The highest BCUT2D eigenvalue weighted by Crippen LogP contribution is 2.02. The third kappa shape index (κ3) is 2.10. The molecule has 11 heavy (non-hydrogen) atoms. The Bertz CT molecular complexity index is 458. The van der Waals surface area contributed by atoms with E-state index in [0.29, 0.717) is 5.56 Å². The van der Waals surface area contributed by atoms with Gasteiger partial charge in [0.15, 0.2) is 0 Å². The zero-order chi connectivity index (χ0) is 12.3. The molecule has 0 saturated heterocycles. The van der Waals surface area contributed by atoms with Gasteiger partial charge in [0.25, 0.3) is 0 Å². The van der Waals surface area contributed by atoms with Crippen molar-refractivity contribution in [3.8, 4) is 11.8 Å². The first kappa shape index (κ1) is 3.42. The van der Waals surface area contributed by atoms with Crippen LogP contribution in [-0.2, 0) is 6.56 Å². The smallest absolute Gasteiger partial charge is 0.211 e. The van der Waals surface area contributed by atoms with Crippen LogP contribution < -0.4 is 0 Å². The van der Waals surface area contributed by atoms with Crippen LogP contribution in [-0.4, -0.2) is 6.54 Å². The molecule has 1 N–H and O–H groups in total. The van der Waals surface area contributed by atoms with Crippen molar-refractivity contribution >= 4 is 0 Å². The largest absolute Gasteiger partial charge is 0.392 e. The summed E-state index contributed by atoms with van der Waals surface area (Å²) in [5.74, 6) is 5.25. The Kier molecular flexibility index (Phi) is 1.18. The lowest BCUT2D eigenvalue weighted by atomic mass is 10.1. The maximum atomic E-state index is 7.62. The van der Waals surface area contributed by atoms with E-state index in [1.165, 1.54) is 12.1 Å². The monoisotopic (exact) mass is 151 g/mol. The van der Waals surface area contributed by atoms with E-state index in [9.17, 15) is 0 Å². The van der Waals surface area contributed by atoms with Gasteiger partial charge < -0.3 is 5.11 Å². The summed E-state index contributed by atoms with van der Waals surface area (Å²) in [6.07, 6.45) is 0. The van der Waals surface area contributed by atoms with E-state index in [1.807, 2.05) is 0 Å². The van der Waals surface area contributed by atoms with Crippen molar-refractivity contribution in [1.82, 2.24) is 0 Å². The molecule has 0 heterocycles. The summed E-state index contributed by atoms with van der Waals surface area (Å²) >= 11 is 0. The molecule has 0 unspecified atom stereocenters. The fraction of sp³-hybridized carbons (Fsp3) is 0.200. The van der Waals surface area contributed by atoms with Crippen LogP contribution in [0.1, 0.15) is 23.5 Å². The molecule has 1 nitrogen and oxygen atoms in total. The van der Waals surface area contributed by atoms with Crippen molar-refractivity contribution in [3.63, 3.8) is 0 Å². The quantitative estimate of drug-likeness (QED) is 0.636. The lowest BCUT2D eigenvalue weighted by Crippen LogP contribution is -1.81.